The molecule has 0 saturated carbocycles. The summed E-state index contributed by atoms with van der Waals surface area (Å²) in [5.41, 5.74) is 8.76. The molecule has 0 amide bonds. The van der Waals surface area contributed by atoms with Gasteiger partial charge in [-0.2, -0.15) is 4.31 Å². The van der Waals surface area contributed by atoms with Crippen molar-refractivity contribution in [3.8, 4) is 0 Å². The lowest BCUT2D eigenvalue weighted by molar-refractivity contribution is -0.0684. The van der Waals surface area contributed by atoms with Gasteiger partial charge in [0.1, 0.15) is 6.04 Å². The van der Waals surface area contributed by atoms with Crippen LogP contribution >= 0.6 is 0 Å². The number of hydroxylamine groups is 2. The second-order valence-electron chi connectivity index (χ2n) is 11.1. The molecule has 1 N–H and O–H groups in total. The standard InChI is InChI=1S/C29H34N2O3SSi/c1-19-11-13-23(14-12-19)35(33,34)30-17-25-20(2)27(29(36(4,5)6)21(3)26(25)18-30)28-24-10-8-7-9-22(24)15-16-31(28)32/h7-16,28,32H,17-18H2,1-6H3. The number of rotatable bonds is 4. The van der Waals surface area contributed by atoms with Gasteiger partial charge in [-0.05, 0) is 77.9 Å². The van der Waals surface area contributed by atoms with Crippen LogP contribution in [-0.2, 0) is 23.1 Å². The highest BCUT2D eigenvalue weighted by atomic mass is 32.2. The van der Waals surface area contributed by atoms with Crippen LogP contribution in [0.4, 0.5) is 0 Å². The highest BCUT2D eigenvalue weighted by molar-refractivity contribution is 7.89. The maximum atomic E-state index is 13.6. The molecule has 0 fully saturated rings. The summed E-state index contributed by atoms with van der Waals surface area (Å²) in [6.07, 6.45) is 3.67. The van der Waals surface area contributed by atoms with Crippen LogP contribution in [0.3, 0.4) is 0 Å². The lowest BCUT2D eigenvalue weighted by Gasteiger charge is -2.37. The quantitative estimate of drug-likeness (QED) is 0.455. The molecule has 5 rings (SSSR count). The maximum Gasteiger partial charge on any atom is 0.243 e. The van der Waals surface area contributed by atoms with Gasteiger partial charge in [0.25, 0.3) is 0 Å². The van der Waals surface area contributed by atoms with Crippen LogP contribution in [0.1, 0.15) is 50.5 Å². The summed E-state index contributed by atoms with van der Waals surface area (Å²) in [5.74, 6) is 0. The molecule has 0 saturated heterocycles. The molecule has 2 aliphatic rings. The third-order valence-electron chi connectivity index (χ3n) is 7.63. The third-order valence-corrected chi connectivity index (χ3v) is 11.6. The molecule has 1 atom stereocenters. The summed E-state index contributed by atoms with van der Waals surface area (Å²) < 4.78 is 28.8. The predicted octanol–water partition coefficient (Wildman–Crippen LogP) is 5.63. The second-order valence-corrected chi connectivity index (χ2v) is 18.0. The smallest absolute Gasteiger partial charge is 0.243 e. The molecule has 5 nitrogen and oxygen atoms in total. The fourth-order valence-electron chi connectivity index (χ4n) is 5.91. The number of aryl methyl sites for hydroxylation is 1. The van der Waals surface area contributed by atoms with Crippen LogP contribution in [0.15, 0.2) is 59.6 Å². The van der Waals surface area contributed by atoms with E-state index in [0.717, 1.165) is 38.9 Å². The normalized spacial score (nSPS) is 17.9. The number of hydrogen-bond donors (Lipinski definition) is 1. The van der Waals surface area contributed by atoms with Crippen molar-refractivity contribution in [3.63, 3.8) is 0 Å². The van der Waals surface area contributed by atoms with Crippen molar-refractivity contribution in [2.45, 2.75) is 64.4 Å². The van der Waals surface area contributed by atoms with Crippen molar-refractivity contribution in [2.24, 2.45) is 0 Å². The molecule has 2 aliphatic heterocycles. The number of nitrogens with zero attached hydrogens (tertiary/aromatic N) is 2. The molecule has 7 heteroatoms. The van der Waals surface area contributed by atoms with E-state index in [0.29, 0.717) is 18.0 Å². The maximum absolute atomic E-state index is 13.6. The van der Waals surface area contributed by atoms with Gasteiger partial charge in [-0.1, -0.05) is 66.8 Å². The third kappa shape index (κ3) is 3.95. The Morgan fingerprint density at radius 3 is 2.14 bits per heavy atom. The highest BCUT2D eigenvalue weighted by Gasteiger charge is 2.39. The van der Waals surface area contributed by atoms with E-state index in [1.165, 1.54) is 15.8 Å². The topological polar surface area (TPSA) is 60.9 Å². The lowest BCUT2D eigenvalue weighted by Crippen LogP contribution is -2.46. The van der Waals surface area contributed by atoms with E-state index in [2.05, 4.69) is 45.6 Å². The molecule has 0 spiro atoms. The number of benzene rings is 3. The van der Waals surface area contributed by atoms with Gasteiger partial charge in [0.05, 0.1) is 13.0 Å². The zero-order valence-corrected chi connectivity index (χ0v) is 23.6. The fourth-order valence-corrected chi connectivity index (χ4v) is 9.70. The molecule has 188 valence electrons. The first-order chi connectivity index (χ1) is 16.9. The molecule has 0 aromatic heterocycles. The molecule has 36 heavy (non-hydrogen) atoms. The van der Waals surface area contributed by atoms with Gasteiger partial charge in [-0.15, -0.1) is 0 Å². The van der Waals surface area contributed by atoms with Gasteiger partial charge in [0.15, 0.2) is 0 Å². The Balaban J connectivity index is 1.69. The monoisotopic (exact) mass is 518 g/mol. The van der Waals surface area contributed by atoms with Gasteiger partial charge in [0.2, 0.25) is 10.0 Å². The average Bonchev–Trinajstić information content (AvgIpc) is 3.28. The van der Waals surface area contributed by atoms with Gasteiger partial charge in [-0.25, -0.2) is 8.42 Å². The lowest BCUT2D eigenvalue weighted by atomic mass is 9.85. The van der Waals surface area contributed by atoms with E-state index in [4.69, 9.17) is 0 Å². The van der Waals surface area contributed by atoms with E-state index in [9.17, 15) is 13.6 Å². The number of hydrogen-bond acceptors (Lipinski definition) is 4. The Bertz CT molecular complexity index is 1490. The predicted molar refractivity (Wildman–Crippen MR) is 147 cm³/mol. The van der Waals surface area contributed by atoms with E-state index in [1.807, 2.05) is 37.3 Å². The van der Waals surface area contributed by atoms with Crippen molar-refractivity contribution >= 4 is 29.4 Å². The zero-order valence-electron chi connectivity index (χ0n) is 21.8. The van der Waals surface area contributed by atoms with E-state index < -0.39 is 18.1 Å². The summed E-state index contributed by atoms with van der Waals surface area (Å²) in [4.78, 5) is 0.328. The largest absolute Gasteiger partial charge is 0.288 e. The summed E-state index contributed by atoms with van der Waals surface area (Å²) in [7, 11) is -5.53. The molecular weight excluding hydrogens is 484 g/mol. The summed E-state index contributed by atoms with van der Waals surface area (Å²) >= 11 is 0. The molecular formula is C29H34N2O3SSi. The molecule has 0 bridgehead atoms. The van der Waals surface area contributed by atoms with Crippen molar-refractivity contribution in [1.29, 1.82) is 0 Å². The van der Waals surface area contributed by atoms with Gasteiger partial charge in [-0.3, -0.25) is 10.3 Å². The minimum atomic E-state index is -3.63. The summed E-state index contributed by atoms with van der Waals surface area (Å²) in [5, 5.41) is 13.8. The Kier molecular flexibility index (Phi) is 6.03. The van der Waals surface area contributed by atoms with Gasteiger partial charge >= 0.3 is 0 Å². The Morgan fingerprint density at radius 1 is 0.889 bits per heavy atom. The zero-order chi connectivity index (χ0) is 26.0. The molecule has 0 aliphatic carbocycles. The minimum Gasteiger partial charge on any atom is -0.288 e. The average molecular weight is 519 g/mol. The van der Waals surface area contributed by atoms with Crippen molar-refractivity contribution in [1.82, 2.24) is 9.37 Å². The number of sulfonamides is 1. The van der Waals surface area contributed by atoms with Crippen LogP contribution < -0.4 is 5.19 Å². The van der Waals surface area contributed by atoms with Gasteiger partial charge < -0.3 is 0 Å². The second kappa shape index (κ2) is 8.70. The SMILES string of the molecule is Cc1ccc(S(=O)(=O)N2Cc3c(C)c(C4c5ccccc5C=CN4O)c([Si](C)(C)C)c(C)c3C2)cc1. The van der Waals surface area contributed by atoms with Crippen molar-refractivity contribution < 1.29 is 13.6 Å². The Hall–Kier alpha value is -2.71. The first kappa shape index (κ1) is 25.0. The van der Waals surface area contributed by atoms with E-state index in [-0.39, 0.29) is 6.04 Å². The molecule has 1 unspecified atom stereocenters. The first-order valence-electron chi connectivity index (χ1n) is 12.4. The molecule has 2 heterocycles. The molecule has 3 aromatic carbocycles. The Morgan fingerprint density at radius 2 is 1.50 bits per heavy atom. The van der Waals surface area contributed by atoms with E-state index >= 15 is 0 Å². The minimum absolute atomic E-state index is 0.328. The number of fused-ring (bicyclic) bond motifs is 2. The Labute approximate surface area is 215 Å². The van der Waals surface area contributed by atoms with Crippen LogP contribution in [0.5, 0.6) is 0 Å². The van der Waals surface area contributed by atoms with Crippen molar-refractivity contribution in [3.05, 3.63) is 99.2 Å². The van der Waals surface area contributed by atoms with Crippen LogP contribution in [0.25, 0.3) is 6.08 Å². The van der Waals surface area contributed by atoms with E-state index in [1.54, 1.807) is 22.6 Å². The highest BCUT2D eigenvalue weighted by Crippen LogP contribution is 2.41. The fraction of sp³-hybridized carbons (Fsp3) is 0.310. The summed E-state index contributed by atoms with van der Waals surface area (Å²) in [6.45, 7) is 13.9. The first-order valence-corrected chi connectivity index (χ1v) is 17.3. The summed E-state index contributed by atoms with van der Waals surface area (Å²) in [6, 6.07) is 14.9. The van der Waals surface area contributed by atoms with Crippen LogP contribution in [0, 0.1) is 20.8 Å². The van der Waals surface area contributed by atoms with Crippen LogP contribution in [0.2, 0.25) is 19.6 Å². The van der Waals surface area contributed by atoms with Crippen molar-refractivity contribution in [2.75, 3.05) is 0 Å². The molecule has 3 aromatic rings. The van der Waals surface area contributed by atoms with Crippen LogP contribution in [-0.4, -0.2) is 31.1 Å². The molecule has 0 radical (unpaired) electrons. The van der Waals surface area contributed by atoms with Gasteiger partial charge in [0, 0.05) is 19.3 Å².